The van der Waals surface area contributed by atoms with Crippen LogP contribution in [0, 0.1) is 0 Å². The first-order valence-corrected chi connectivity index (χ1v) is 12.0. The van der Waals surface area contributed by atoms with Crippen LogP contribution in [0.4, 0.5) is 32.0 Å². The van der Waals surface area contributed by atoms with Gasteiger partial charge in [-0.15, -0.1) is 11.3 Å². The summed E-state index contributed by atoms with van der Waals surface area (Å²) in [6.07, 6.45) is -7.36. The number of aromatic nitrogens is 3. The van der Waals surface area contributed by atoms with Crippen LogP contribution in [0.15, 0.2) is 28.9 Å². The summed E-state index contributed by atoms with van der Waals surface area (Å²) in [5, 5.41) is 5.23. The van der Waals surface area contributed by atoms with Crippen LogP contribution in [-0.2, 0) is 23.7 Å². The molecular formula is C22H14ClF6N5O3S. The van der Waals surface area contributed by atoms with Crippen molar-refractivity contribution < 1.29 is 40.3 Å². The van der Waals surface area contributed by atoms with Gasteiger partial charge in [-0.05, 0) is 31.0 Å². The number of carbonyl (C=O) groups is 2. The first-order chi connectivity index (χ1) is 17.8. The number of alkyl halides is 6. The summed E-state index contributed by atoms with van der Waals surface area (Å²) >= 11 is 6.46. The average molecular weight is 578 g/mol. The zero-order valence-electron chi connectivity index (χ0n) is 18.7. The van der Waals surface area contributed by atoms with Gasteiger partial charge in [-0.25, -0.2) is 4.98 Å². The van der Waals surface area contributed by atoms with E-state index in [1.54, 1.807) is 0 Å². The Kier molecular flexibility index (Phi) is 6.17. The minimum absolute atomic E-state index is 0.0167. The van der Waals surface area contributed by atoms with Crippen molar-refractivity contribution in [1.29, 1.82) is 0 Å². The molecule has 1 fully saturated rings. The average Bonchev–Trinajstić information content (AvgIpc) is 3.22. The van der Waals surface area contributed by atoms with E-state index in [0.29, 0.717) is 30.2 Å². The van der Waals surface area contributed by atoms with Gasteiger partial charge in [0.05, 0.1) is 22.7 Å². The van der Waals surface area contributed by atoms with E-state index in [1.165, 1.54) is 18.4 Å². The van der Waals surface area contributed by atoms with Gasteiger partial charge in [0.25, 0.3) is 5.91 Å². The van der Waals surface area contributed by atoms with Gasteiger partial charge in [-0.3, -0.25) is 14.3 Å². The van der Waals surface area contributed by atoms with Crippen molar-refractivity contribution in [3.8, 4) is 11.3 Å². The number of amides is 2. The third-order valence-electron chi connectivity index (χ3n) is 5.68. The van der Waals surface area contributed by atoms with Crippen LogP contribution in [0.1, 0.15) is 45.5 Å². The third kappa shape index (κ3) is 4.71. The minimum atomic E-state index is -4.86. The maximum Gasteiger partial charge on any atom is 0.436 e. The number of nitrogens with two attached hydrogens (primary N) is 1. The Morgan fingerprint density at radius 1 is 1.21 bits per heavy atom. The van der Waals surface area contributed by atoms with Gasteiger partial charge in [0, 0.05) is 16.9 Å². The number of nitrogens with zero attached hydrogens (tertiary/aromatic N) is 3. The van der Waals surface area contributed by atoms with E-state index in [-0.39, 0.29) is 43.7 Å². The number of hydrogen-bond acceptors (Lipinski definition) is 6. The quantitative estimate of drug-likeness (QED) is 0.270. The predicted molar refractivity (Wildman–Crippen MR) is 124 cm³/mol. The summed E-state index contributed by atoms with van der Waals surface area (Å²) in [6, 6.07) is 3.49. The first-order valence-electron chi connectivity index (χ1n) is 10.8. The predicted octanol–water partition coefficient (Wildman–Crippen LogP) is 6.06. The normalized spacial score (nSPS) is 14.3. The van der Waals surface area contributed by atoms with E-state index in [4.69, 9.17) is 21.8 Å². The molecule has 1 aliphatic carbocycles. The van der Waals surface area contributed by atoms with Crippen molar-refractivity contribution in [1.82, 2.24) is 14.8 Å². The molecule has 0 aromatic carbocycles. The Morgan fingerprint density at radius 3 is 2.47 bits per heavy atom. The molecule has 0 saturated heterocycles. The van der Waals surface area contributed by atoms with Gasteiger partial charge in [-0.1, -0.05) is 11.6 Å². The largest absolute Gasteiger partial charge is 0.464 e. The van der Waals surface area contributed by atoms with Crippen molar-refractivity contribution in [2.45, 2.75) is 37.7 Å². The maximum atomic E-state index is 13.5. The van der Waals surface area contributed by atoms with Crippen molar-refractivity contribution in [3.05, 3.63) is 51.4 Å². The Hall–Kier alpha value is -3.59. The number of furan rings is 1. The number of thiophene rings is 1. The van der Waals surface area contributed by atoms with Crippen LogP contribution in [0.5, 0.6) is 0 Å². The molecule has 4 aromatic heterocycles. The summed E-state index contributed by atoms with van der Waals surface area (Å²) in [6.45, 7) is -0.721. The smallest absolute Gasteiger partial charge is 0.436 e. The Balaban J connectivity index is 1.59. The monoisotopic (exact) mass is 577 g/mol. The number of hydrogen-bond donors (Lipinski definition) is 2. The lowest BCUT2D eigenvalue weighted by atomic mass is 10.1. The van der Waals surface area contributed by atoms with Crippen LogP contribution in [0.3, 0.4) is 0 Å². The van der Waals surface area contributed by atoms with Crippen molar-refractivity contribution in [2.75, 3.05) is 5.32 Å². The molecule has 4 heterocycles. The summed E-state index contributed by atoms with van der Waals surface area (Å²) in [5.41, 5.74) is 2.48. The van der Waals surface area contributed by atoms with E-state index < -0.39 is 47.1 Å². The highest BCUT2D eigenvalue weighted by Gasteiger charge is 2.42. The van der Waals surface area contributed by atoms with Crippen LogP contribution in [0.2, 0.25) is 5.02 Å². The summed E-state index contributed by atoms with van der Waals surface area (Å²) < 4.78 is 86.8. The van der Waals surface area contributed by atoms with Gasteiger partial charge in [0.2, 0.25) is 5.91 Å². The van der Waals surface area contributed by atoms with Gasteiger partial charge in [0.1, 0.15) is 27.7 Å². The molecule has 0 bridgehead atoms. The summed E-state index contributed by atoms with van der Waals surface area (Å²) in [5.74, 6) is -2.32. The third-order valence-corrected chi connectivity index (χ3v) is 7.16. The lowest BCUT2D eigenvalue weighted by molar-refractivity contribution is -0.142. The Morgan fingerprint density at radius 2 is 1.92 bits per heavy atom. The minimum Gasteiger partial charge on any atom is -0.464 e. The summed E-state index contributed by atoms with van der Waals surface area (Å²) in [4.78, 5) is 28.2. The van der Waals surface area contributed by atoms with Gasteiger partial charge in [0.15, 0.2) is 5.69 Å². The zero-order valence-corrected chi connectivity index (χ0v) is 20.3. The second-order valence-corrected chi connectivity index (χ2v) is 9.78. The fourth-order valence-electron chi connectivity index (χ4n) is 3.98. The van der Waals surface area contributed by atoms with Crippen molar-refractivity contribution >= 4 is 50.7 Å². The van der Waals surface area contributed by atoms with Crippen LogP contribution in [0.25, 0.3) is 21.5 Å². The lowest BCUT2D eigenvalue weighted by Crippen LogP contribution is -2.23. The number of primary amides is 1. The van der Waals surface area contributed by atoms with E-state index in [2.05, 4.69) is 15.4 Å². The second kappa shape index (κ2) is 9.01. The molecule has 4 aromatic rings. The van der Waals surface area contributed by atoms with Crippen LogP contribution < -0.4 is 11.1 Å². The number of anilines is 1. The fourth-order valence-corrected chi connectivity index (χ4v) is 5.38. The summed E-state index contributed by atoms with van der Waals surface area (Å²) in [7, 11) is 0. The number of halogens is 7. The van der Waals surface area contributed by atoms with E-state index in [0.717, 1.165) is 4.68 Å². The molecule has 5 rings (SSSR count). The molecule has 0 aliphatic heterocycles. The first kappa shape index (κ1) is 26.0. The number of nitrogens with one attached hydrogen (secondary N) is 1. The molecule has 0 radical (unpaired) electrons. The molecular weight excluding hydrogens is 564 g/mol. The molecule has 0 unspecified atom stereocenters. The van der Waals surface area contributed by atoms with Crippen molar-refractivity contribution in [2.24, 2.45) is 5.73 Å². The number of fused-ring (bicyclic) bond motifs is 1. The van der Waals surface area contributed by atoms with E-state index in [1.807, 2.05) is 0 Å². The molecule has 0 spiro atoms. The molecule has 8 nitrogen and oxygen atoms in total. The molecule has 1 aliphatic rings. The zero-order chi connectivity index (χ0) is 27.6. The second-order valence-electron chi connectivity index (χ2n) is 8.41. The highest BCUT2D eigenvalue weighted by atomic mass is 35.5. The van der Waals surface area contributed by atoms with Crippen LogP contribution >= 0.6 is 22.9 Å². The molecule has 2 amide bonds. The van der Waals surface area contributed by atoms with Crippen molar-refractivity contribution in [3.63, 3.8) is 0 Å². The fraction of sp³-hybridized carbons (Fsp3) is 0.273. The lowest BCUT2D eigenvalue weighted by Gasteiger charge is -2.12. The highest BCUT2D eigenvalue weighted by molar-refractivity contribution is 7.21. The molecule has 0 atom stereocenters. The topological polar surface area (TPSA) is 116 Å². The number of pyridine rings is 1. The van der Waals surface area contributed by atoms with E-state index >= 15 is 0 Å². The highest BCUT2D eigenvalue weighted by Crippen LogP contribution is 2.47. The van der Waals surface area contributed by atoms with Gasteiger partial charge in [-0.2, -0.15) is 31.4 Å². The number of rotatable bonds is 6. The van der Waals surface area contributed by atoms with Gasteiger partial charge < -0.3 is 15.5 Å². The Labute approximate surface area is 217 Å². The molecule has 16 heteroatoms. The standard InChI is InChI=1S/C22H14ClF6N5O3S/c23-14-16(8-3-4-8)34(33-18(14)22(27,28)29)7-12(35)32-15-13-9(10-2-1-5-37-10)6-11(21(24,25)26)31-20(13)38-17(15)19(30)36/h1-2,5-6,8H,3-4,7H2,(H2,30,36)(H,32,35). The number of carbonyl (C=O) groups excluding carboxylic acids is 2. The Bertz CT molecular complexity index is 1570. The van der Waals surface area contributed by atoms with Gasteiger partial charge >= 0.3 is 12.4 Å². The molecule has 200 valence electrons. The SMILES string of the molecule is NC(=O)c1sc2nc(C(F)(F)F)cc(-c3ccco3)c2c1NC(=O)Cn1nc(C(F)(F)F)c(Cl)c1C1CC1. The molecule has 1 saturated carbocycles. The molecule has 3 N–H and O–H groups in total. The maximum absolute atomic E-state index is 13.5. The molecule has 38 heavy (non-hydrogen) atoms. The van der Waals surface area contributed by atoms with Crippen LogP contribution in [-0.4, -0.2) is 26.6 Å². The van der Waals surface area contributed by atoms with E-state index in [9.17, 15) is 35.9 Å².